The van der Waals surface area contributed by atoms with Crippen LogP contribution in [0.5, 0.6) is 0 Å². The van der Waals surface area contributed by atoms with Crippen LogP contribution >= 0.6 is 0 Å². The van der Waals surface area contributed by atoms with E-state index in [1.807, 2.05) is 36.8 Å². The normalized spacial score (nSPS) is 23.7. The molecule has 1 saturated carbocycles. The average molecular weight is 863 g/mol. The summed E-state index contributed by atoms with van der Waals surface area (Å²) in [7, 11) is 2.63. The zero-order chi connectivity index (χ0) is 44.3. The maximum Gasteiger partial charge on any atom is 0.407 e. The van der Waals surface area contributed by atoms with Crippen LogP contribution in [0.4, 0.5) is 9.59 Å². The Hall–Kier alpha value is -5.70. The molecule has 4 amide bonds. The highest BCUT2D eigenvalue weighted by atomic mass is 16.5. The molecule has 2 saturated heterocycles. The molecule has 4 N–H and O–H groups in total. The molecular weight excluding hydrogens is 801 g/mol. The summed E-state index contributed by atoms with van der Waals surface area (Å²) in [5, 5.41) is 5.63. The number of methoxy groups -OCH3 is 2. The van der Waals surface area contributed by atoms with Crippen molar-refractivity contribution in [2.45, 2.75) is 115 Å². The number of carbonyl (C=O) groups is 4. The first-order valence-electron chi connectivity index (χ1n) is 22.7. The Balaban J connectivity index is 1.00. The van der Waals surface area contributed by atoms with Gasteiger partial charge < -0.3 is 44.6 Å². The van der Waals surface area contributed by atoms with E-state index in [-0.39, 0.29) is 29.8 Å². The Morgan fingerprint density at radius 2 is 1.51 bits per heavy atom. The second-order valence-corrected chi connectivity index (χ2v) is 18.3. The number of amides is 4. The molecule has 15 heteroatoms. The molecular formula is C48H62N8O7. The highest BCUT2D eigenvalue weighted by molar-refractivity contribution is 5.90. The van der Waals surface area contributed by atoms with E-state index in [9.17, 15) is 19.2 Å². The first kappa shape index (κ1) is 43.9. The lowest BCUT2D eigenvalue weighted by Crippen LogP contribution is -2.57. The van der Waals surface area contributed by atoms with Gasteiger partial charge in [-0.1, -0.05) is 81.6 Å². The number of nitrogens with one attached hydrogen (secondary N) is 4. The van der Waals surface area contributed by atoms with Crippen LogP contribution in [0.25, 0.3) is 33.6 Å². The van der Waals surface area contributed by atoms with E-state index in [1.54, 1.807) is 0 Å². The summed E-state index contributed by atoms with van der Waals surface area (Å²) in [6.45, 7) is 7.88. The van der Waals surface area contributed by atoms with E-state index >= 15 is 0 Å². The fraction of sp³-hybridized carbons (Fsp3) is 0.542. The van der Waals surface area contributed by atoms with Gasteiger partial charge in [-0.3, -0.25) is 9.59 Å². The highest BCUT2D eigenvalue weighted by Gasteiger charge is 2.49. The number of benzene rings is 2. The molecule has 2 aromatic carbocycles. The molecule has 5 atom stereocenters. The van der Waals surface area contributed by atoms with E-state index in [0.29, 0.717) is 44.6 Å². The summed E-state index contributed by atoms with van der Waals surface area (Å²) in [4.78, 5) is 73.6. The summed E-state index contributed by atoms with van der Waals surface area (Å²) in [6, 6.07) is 15.5. The molecule has 5 heterocycles. The summed E-state index contributed by atoms with van der Waals surface area (Å²) in [5.41, 5.74) is 5.49. The van der Waals surface area contributed by atoms with Crippen molar-refractivity contribution in [3.8, 4) is 33.6 Å². The number of aromatic nitrogens is 4. The summed E-state index contributed by atoms with van der Waals surface area (Å²) in [6.07, 6.45) is 9.51. The number of imidazole rings is 2. The van der Waals surface area contributed by atoms with Gasteiger partial charge in [0.05, 0.1) is 56.2 Å². The molecule has 3 aliphatic heterocycles. The minimum absolute atomic E-state index is 0.0893. The number of nitrogens with zero attached hydrogens (tertiary/aromatic N) is 4. The van der Waals surface area contributed by atoms with Crippen LogP contribution in [0, 0.1) is 17.8 Å². The standard InChI is InChI=1S/C48H62N8O7/c1-29(2)40(53-46(59)61-4)44(57)55-23-10-11-38(55)42-49-26-36(50-42)33-18-14-30(15-19-33)31-16-20-34(21-17-31)41-37-28-63-24-9-7-6-8-22-48(3,54-47(60)62-5)45(58)56-27-35(32-12-13-32)25-39(56)43(51-37)52-41/h14-21,26,29,32,35,38-40H,6-13,22-25,27-28H2,1-5H3,(H,49,50)(H,51,52)(H,53,59)(H,54,60)/t35-,38-,39-,40-,48+/m0/s1. The smallest absolute Gasteiger partial charge is 0.407 e. The molecule has 0 spiro atoms. The van der Waals surface area contributed by atoms with Crippen molar-refractivity contribution in [2.75, 3.05) is 33.9 Å². The fourth-order valence-corrected chi connectivity index (χ4v) is 9.73. The third kappa shape index (κ3) is 9.63. The number of likely N-dealkylation sites (tertiary alicyclic amines) is 1. The van der Waals surface area contributed by atoms with Gasteiger partial charge in [0, 0.05) is 25.3 Å². The Kier molecular flexibility index (Phi) is 13.2. The molecule has 2 aromatic heterocycles. The molecule has 4 aromatic rings. The number of aromatic amines is 2. The van der Waals surface area contributed by atoms with Crippen molar-refractivity contribution in [3.63, 3.8) is 0 Å². The minimum Gasteiger partial charge on any atom is -0.453 e. The molecule has 2 bridgehead atoms. The fourth-order valence-electron chi connectivity index (χ4n) is 9.73. The third-order valence-electron chi connectivity index (χ3n) is 13.5. The molecule has 63 heavy (non-hydrogen) atoms. The lowest BCUT2D eigenvalue weighted by atomic mass is 9.92. The maximum absolute atomic E-state index is 14.6. The summed E-state index contributed by atoms with van der Waals surface area (Å²) < 4.78 is 16.0. The predicted molar refractivity (Wildman–Crippen MR) is 237 cm³/mol. The van der Waals surface area contributed by atoms with Crippen LogP contribution in [0.1, 0.15) is 114 Å². The number of hydrogen-bond donors (Lipinski definition) is 4. The van der Waals surface area contributed by atoms with Gasteiger partial charge >= 0.3 is 12.2 Å². The molecule has 1 aliphatic carbocycles. The van der Waals surface area contributed by atoms with Gasteiger partial charge in [-0.2, -0.15) is 0 Å². The zero-order valence-corrected chi connectivity index (χ0v) is 37.2. The number of hydrogen-bond acceptors (Lipinski definition) is 9. The molecule has 8 rings (SSSR count). The summed E-state index contributed by atoms with van der Waals surface area (Å²) in [5.74, 6) is 2.12. The van der Waals surface area contributed by atoms with Gasteiger partial charge in [0.25, 0.3) is 0 Å². The average Bonchev–Trinajstić information content (AvgIpc) is 3.67. The third-order valence-corrected chi connectivity index (χ3v) is 13.5. The van der Waals surface area contributed by atoms with Crippen molar-refractivity contribution in [1.29, 1.82) is 0 Å². The minimum atomic E-state index is -1.10. The molecule has 3 fully saturated rings. The van der Waals surface area contributed by atoms with Gasteiger partial charge in [0.2, 0.25) is 11.8 Å². The van der Waals surface area contributed by atoms with Crippen LogP contribution in [-0.4, -0.2) is 99.2 Å². The van der Waals surface area contributed by atoms with Gasteiger partial charge in [-0.15, -0.1) is 0 Å². The molecule has 0 unspecified atom stereocenters. The number of ether oxygens (including phenoxy) is 3. The van der Waals surface area contributed by atoms with Crippen molar-refractivity contribution in [3.05, 3.63) is 72.1 Å². The monoisotopic (exact) mass is 862 g/mol. The molecule has 336 valence electrons. The Labute approximate surface area is 369 Å². The number of fused-ring (bicyclic) bond motifs is 4. The van der Waals surface area contributed by atoms with Crippen molar-refractivity contribution < 1.29 is 33.4 Å². The second kappa shape index (κ2) is 19.0. The number of H-pyrrole nitrogens is 2. The second-order valence-electron chi connectivity index (χ2n) is 18.3. The SMILES string of the molecule is COC(=O)N[C@H](C(=O)N1CCC[C@H]1c1ncc(-c2ccc(-c3ccc(-c4nc5[nH]c4COCCCCCC[C@@](C)(NC(=O)OC)C(=O)N4C[C@@H](C6CC6)C[C@@H]54)cc3)cc2)[nH]1)C(C)C. The van der Waals surface area contributed by atoms with Crippen LogP contribution in [0.15, 0.2) is 54.7 Å². The van der Waals surface area contributed by atoms with Gasteiger partial charge in [0.1, 0.15) is 23.2 Å². The first-order chi connectivity index (χ1) is 30.5. The lowest BCUT2D eigenvalue weighted by Gasteiger charge is -2.35. The Morgan fingerprint density at radius 3 is 2.19 bits per heavy atom. The molecule has 4 aliphatic rings. The Bertz CT molecular complexity index is 2250. The predicted octanol–water partition coefficient (Wildman–Crippen LogP) is 8.07. The van der Waals surface area contributed by atoms with Crippen molar-refractivity contribution in [2.24, 2.45) is 17.8 Å². The lowest BCUT2D eigenvalue weighted by molar-refractivity contribution is -0.139. The number of rotatable bonds is 9. The highest BCUT2D eigenvalue weighted by Crippen LogP contribution is 2.48. The van der Waals surface area contributed by atoms with E-state index in [0.717, 1.165) is 95.9 Å². The first-order valence-corrected chi connectivity index (χ1v) is 22.7. The van der Waals surface area contributed by atoms with Gasteiger partial charge in [0.15, 0.2) is 0 Å². The molecule has 0 radical (unpaired) electrons. The van der Waals surface area contributed by atoms with Gasteiger partial charge in [-0.05, 0) is 86.3 Å². The number of carbonyl (C=O) groups excluding carboxylic acids is 4. The van der Waals surface area contributed by atoms with Crippen LogP contribution in [0.3, 0.4) is 0 Å². The summed E-state index contributed by atoms with van der Waals surface area (Å²) >= 11 is 0. The van der Waals surface area contributed by atoms with E-state index in [4.69, 9.17) is 24.2 Å². The number of alkyl carbamates (subject to hydrolysis) is 2. The zero-order valence-electron chi connectivity index (χ0n) is 37.2. The van der Waals surface area contributed by atoms with Gasteiger partial charge in [-0.25, -0.2) is 19.6 Å². The van der Waals surface area contributed by atoms with E-state index in [1.165, 1.54) is 27.1 Å². The van der Waals surface area contributed by atoms with Crippen molar-refractivity contribution in [1.82, 2.24) is 40.4 Å². The molecule has 15 nitrogen and oxygen atoms in total. The van der Waals surface area contributed by atoms with E-state index < -0.39 is 23.8 Å². The maximum atomic E-state index is 14.6. The van der Waals surface area contributed by atoms with Crippen molar-refractivity contribution >= 4 is 24.0 Å². The topological polar surface area (TPSA) is 184 Å². The Morgan fingerprint density at radius 1 is 0.825 bits per heavy atom. The van der Waals surface area contributed by atoms with E-state index in [2.05, 4.69) is 69.1 Å². The van der Waals surface area contributed by atoms with Crippen LogP contribution < -0.4 is 10.6 Å². The van der Waals surface area contributed by atoms with Crippen LogP contribution in [-0.2, 0) is 30.4 Å². The van der Waals surface area contributed by atoms with Crippen LogP contribution in [0.2, 0.25) is 0 Å². The largest absolute Gasteiger partial charge is 0.453 e. The quantitative estimate of drug-likeness (QED) is 0.129.